The van der Waals surface area contributed by atoms with Crippen molar-refractivity contribution in [2.45, 2.75) is 18.9 Å². The Bertz CT molecular complexity index is 1120. The number of ether oxygens (including phenoxy) is 1. The number of benzene rings is 3. The van der Waals surface area contributed by atoms with Gasteiger partial charge in [-0.25, -0.2) is 10.0 Å². The summed E-state index contributed by atoms with van der Waals surface area (Å²) in [5.41, 5.74) is 4.47. The first kappa shape index (κ1) is 23.4. The summed E-state index contributed by atoms with van der Waals surface area (Å²) >= 11 is 5.93. The molecule has 1 radical (unpaired) electrons. The third-order valence-corrected chi connectivity index (χ3v) is 6.85. The molecule has 2 N–H and O–H groups in total. The third-order valence-electron chi connectivity index (χ3n) is 5.36. The van der Waals surface area contributed by atoms with E-state index in [1.165, 1.54) is 4.67 Å². The quantitative estimate of drug-likeness (QED) is 0.248. The summed E-state index contributed by atoms with van der Waals surface area (Å²) in [6.07, 6.45) is 1.36. The average Bonchev–Trinajstić information content (AvgIpc) is 3.02. The highest BCUT2D eigenvalue weighted by Gasteiger charge is 2.32. The zero-order valence-corrected chi connectivity index (χ0v) is 19.3. The van der Waals surface area contributed by atoms with E-state index in [0.29, 0.717) is 36.0 Å². The summed E-state index contributed by atoms with van der Waals surface area (Å²) in [5, 5.41) is 9.62. The van der Waals surface area contributed by atoms with Crippen LogP contribution in [0, 0.1) is 0 Å². The molecule has 4 rings (SSSR count). The number of hydrogen-bond acceptors (Lipinski definition) is 5. The van der Waals surface area contributed by atoms with Crippen molar-refractivity contribution in [3.8, 4) is 22.6 Å². The van der Waals surface area contributed by atoms with Gasteiger partial charge in [-0.3, -0.25) is 14.5 Å². The summed E-state index contributed by atoms with van der Waals surface area (Å²) in [6.45, 7) is 0.112. The van der Waals surface area contributed by atoms with Crippen LogP contribution in [0.15, 0.2) is 72.8 Å². The molecule has 1 amide bonds. The van der Waals surface area contributed by atoms with Crippen LogP contribution in [-0.4, -0.2) is 28.9 Å². The molecule has 2 atom stereocenters. The van der Waals surface area contributed by atoms with E-state index in [1.54, 1.807) is 29.7 Å². The van der Waals surface area contributed by atoms with Gasteiger partial charge in [0.1, 0.15) is 11.5 Å². The SMILES string of the molecule is O=C(CN1C(c2ccccc2-c2ccc(Oc3ccc(Cl)cc3)cc2)CCCO[P]1=O)NO. The molecule has 1 heterocycles. The van der Waals surface area contributed by atoms with E-state index in [-0.39, 0.29) is 12.6 Å². The second kappa shape index (κ2) is 10.9. The molecule has 0 saturated carbocycles. The molecule has 9 heteroatoms. The van der Waals surface area contributed by atoms with Gasteiger partial charge in [-0.15, -0.1) is 0 Å². The number of carbonyl (C=O) groups is 1. The van der Waals surface area contributed by atoms with Crippen LogP contribution in [0.25, 0.3) is 11.1 Å². The first-order chi connectivity index (χ1) is 16.0. The van der Waals surface area contributed by atoms with Gasteiger partial charge in [-0.2, -0.15) is 4.67 Å². The van der Waals surface area contributed by atoms with Crippen molar-refractivity contribution in [2.24, 2.45) is 0 Å². The second-order valence-electron chi connectivity index (χ2n) is 7.53. The van der Waals surface area contributed by atoms with Crippen LogP contribution in [0.4, 0.5) is 0 Å². The van der Waals surface area contributed by atoms with Gasteiger partial charge in [-0.1, -0.05) is 48.0 Å². The molecule has 0 aromatic heterocycles. The number of halogens is 1. The van der Waals surface area contributed by atoms with Gasteiger partial charge in [0, 0.05) is 11.1 Å². The minimum atomic E-state index is -2.22. The molecule has 0 aliphatic carbocycles. The third kappa shape index (κ3) is 5.77. The van der Waals surface area contributed by atoms with Crippen molar-refractivity contribution < 1.29 is 23.8 Å². The number of hydrogen-bond donors (Lipinski definition) is 2. The van der Waals surface area contributed by atoms with E-state index in [4.69, 9.17) is 26.1 Å². The van der Waals surface area contributed by atoms with E-state index in [2.05, 4.69) is 0 Å². The van der Waals surface area contributed by atoms with Crippen LogP contribution in [0.3, 0.4) is 0 Å². The maximum absolute atomic E-state index is 12.7. The van der Waals surface area contributed by atoms with Gasteiger partial charge >= 0.3 is 0 Å². The van der Waals surface area contributed by atoms with Gasteiger partial charge in [0.15, 0.2) is 0 Å². The second-order valence-corrected chi connectivity index (χ2v) is 9.21. The van der Waals surface area contributed by atoms with Crippen LogP contribution >= 0.6 is 19.8 Å². The summed E-state index contributed by atoms with van der Waals surface area (Å²) < 4.78 is 25.5. The molecule has 171 valence electrons. The molecule has 3 aromatic rings. The van der Waals surface area contributed by atoms with Gasteiger partial charge in [0.25, 0.3) is 14.1 Å². The van der Waals surface area contributed by atoms with Crippen LogP contribution in [0.1, 0.15) is 24.4 Å². The van der Waals surface area contributed by atoms with Crippen LogP contribution in [-0.2, 0) is 13.9 Å². The lowest BCUT2D eigenvalue weighted by atomic mass is 9.92. The molecule has 0 spiro atoms. The number of rotatable bonds is 6. The molecule has 1 aliphatic rings. The fourth-order valence-corrected chi connectivity index (χ4v) is 5.09. The maximum atomic E-state index is 12.7. The van der Waals surface area contributed by atoms with Crippen LogP contribution in [0.2, 0.25) is 5.02 Å². The van der Waals surface area contributed by atoms with Crippen molar-refractivity contribution in [2.75, 3.05) is 13.2 Å². The highest BCUT2D eigenvalue weighted by atomic mass is 35.5. The van der Waals surface area contributed by atoms with Gasteiger partial charge in [0.2, 0.25) is 0 Å². The Hall–Kier alpha value is -2.80. The predicted octanol–water partition coefficient (Wildman–Crippen LogP) is 6.12. The zero-order chi connectivity index (χ0) is 23.2. The molecule has 3 aromatic carbocycles. The first-order valence-electron chi connectivity index (χ1n) is 10.5. The smallest absolute Gasteiger partial charge is 0.298 e. The summed E-state index contributed by atoms with van der Waals surface area (Å²) in [6, 6.07) is 22.3. The van der Waals surface area contributed by atoms with Gasteiger partial charge in [0.05, 0.1) is 13.2 Å². The first-order valence-corrected chi connectivity index (χ1v) is 12.0. The average molecular weight is 486 g/mol. The summed E-state index contributed by atoms with van der Waals surface area (Å²) in [7, 11) is -2.22. The Balaban J connectivity index is 1.62. The topological polar surface area (TPSA) is 88.1 Å². The Labute approximate surface area is 197 Å². The standard InChI is InChI=1S/C24H23ClN2O5P/c25-18-9-13-20(14-10-18)32-19-11-7-17(8-12-19)21-4-1-2-5-22(21)23-6-3-15-31-33(30)27(23)16-24(28)26-29/h1-2,4-5,7-14,23,29H,3,6,15-16H2,(H,26,28). The predicted molar refractivity (Wildman–Crippen MR) is 126 cm³/mol. The Morgan fingerprint density at radius 2 is 1.76 bits per heavy atom. The van der Waals surface area contributed by atoms with Crippen molar-refractivity contribution >= 4 is 25.7 Å². The molecular weight excluding hydrogens is 463 g/mol. The molecule has 1 saturated heterocycles. The fraction of sp³-hybridized carbons (Fsp3) is 0.208. The highest BCUT2D eigenvalue weighted by Crippen LogP contribution is 2.45. The van der Waals surface area contributed by atoms with E-state index >= 15 is 0 Å². The van der Waals surface area contributed by atoms with Crippen LogP contribution in [0.5, 0.6) is 11.5 Å². The Kier molecular flexibility index (Phi) is 7.70. The normalized spacial score (nSPS) is 17.9. The molecule has 1 fully saturated rings. The lowest BCUT2D eigenvalue weighted by Crippen LogP contribution is -2.34. The minimum Gasteiger partial charge on any atom is -0.457 e. The van der Waals surface area contributed by atoms with E-state index in [0.717, 1.165) is 16.7 Å². The maximum Gasteiger partial charge on any atom is 0.298 e. The van der Waals surface area contributed by atoms with E-state index in [1.807, 2.05) is 48.5 Å². The number of nitrogens with zero attached hydrogens (tertiary/aromatic N) is 1. The summed E-state index contributed by atoms with van der Waals surface area (Å²) in [5.74, 6) is 0.730. The van der Waals surface area contributed by atoms with Crippen molar-refractivity contribution in [1.82, 2.24) is 10.2 Å². The fourth-order valence-electron chi connectivity index (χ4n) is 3.81. The van der Waals surface area contributed by atoms with Crippen molar-refractivity contribution in [3.05, 3.63) is 83.4 Å². The largest absolute Gasteiger partial charge is 0.457 e. The van der Waals surface area contributed by atoms with Crippen molar-refractivity contribution in [3.63, 3.8) is 0 Å². The zero-order valence-electron chi connectivity index (χ0n) is 17.7. The lowest BCUT2D eigenvalue weighted by molar-refractivity contribution is -0.129. The van der Waals surface area contributed by atoms with E-state index in [9.17, 15) is 9.36 Å². The summed E-state index contributed by atoms with van der Waals surface area (Å²) in [4.78, 5) is 11.9. The minimum absolute atomic E-state index is 0.238. The Morgan fingerprint density at radius 3 is 2.45 bits per heavy atom. The molecular formula is C24H23ClN2O5P. The number of amides is 1. The molecule has 33 heavy (non-hydrogen) atoms. The van der Waals surface area contributed by atoms with Crippen molar-refractivity contribution in [1.29, 1.82) is 0 Å². The highest BCUT2D eigenvalue weighted by molar-refractivity contribution is 7.36. The molecule has 2 unspecified atom stereocenters. The monoisotopic (exact) mass is 485 g/mol. The van der Waals surface area contributed by atoms with E-state index < -0.39 is 14.1 Å². The Morgan fingerprint density at radius 1 is 1.09 bits per heavy atom. The molecule has 7 nitrogen and oxygen atoms in total. The lowest BCUT2D eigenvalue weighted by Gasteiger charge is -2.28. The molecule has 1 aliphatic heterocycles. The van der Waals surface area contributed by atoms with Gasteiger partial charge in [-0.05, 0) is 65.9 Å². The van der Waals surface area contributed by atoms with Crippen LogP contribution < -0.4 is 10.2 Å². The number of carbonyl (C=O) groups excluding carboxylic acids is 1. The number of hydroxylamine groups is 1. The molecule has 0 bridgehead atoms. The number of nitrogens with one attached hydrogen (secondary N) is 1. The van der Waals surface area contributed by atoms with Gasteiger partial charge < -0.3 is 4.74 Å².